The third-order valence-corrected chi connectivity index (χ3v) is 5.52. The van der Waals surface area contributed by atoms with Crippen LogP contribution in [0.15, 0.2) is 78.9 Å². The summed E-state index contributed by atoms with van der Waals surface area (Å²) in [5, 5.41) is 2.42. The van der Waals surface area contributed by atoms with Gasteiger partial charge in [-0.25, -0.2) is 0 Å². The van der Waals surface area contributed by atoms with Crippen LogP contribution in [0.1, 0.15) is 36.8 Å². The summed E-state index contributed by atoms with van der Waals surface area (Å²) in [5.74, 6) is 0.0230. The molecule has 0 saturated carbocycles. The minimum atomic E-state index is -0.140. The molecule has 0 radical (unpaired) electrons. The van der Waals surface area contributed by atoms with Crippen molar-refractivity contribution in [1.29, 1.82) is 0 Å². The van der Waals surface area contributed by atoms with E-state index in [0.717, 1.165) is 29.9 Å². The van der Waals surface area contributed by atoms with Crippen LogP contribution in [0.3, 0.4) is 0 Å². The number of nitrogens with zero attached hydrogens (tertiary/aromatic N) is 1. The van der Waals surface area contributed by atoms with Gasteiger partial charge in [-0.1, -0.05) is 79.7 Å². The molecule has 0 amide bonds. The molecule has 1 aliphatic rings. The van der Waals surface area contributed by atoms with Crippen LogP contribution in [0, 0.1) is 0 Å². The first-order valence-corrected chi connectivity index (χ1v) is 9.77. The minimum absolute atomic E-state index is 0.140. The molecule has 0 N–H and O–H groups in total. The Morgan fingerprint density at radius 2 is 1.56 bits per heavy atom. The smallest absolute Gasteiger partial charge is 0.164 e. The summed E-state index contributed by atoms with van der Waals surface area (Å²) in [6.07, 6.45) is 4.25. The van der Waals surface area contributed by atoms with Crippen molar-refractivity contribution in [2.45, 2.75) is 25.7 Å². The van der Waals surface area contributed by atoms with Crippen molar-refractivity contribution < 1.29 is 4.79 Å². The Bertz CT molecular complexity index is 963. The van der Waals surface area contributed by atoms with Crippen LogP contribution in [0.2, 0.25) is 0 Å². The number of hydrogen-bond donors (Lipinski definition) is 0. The summed E-state index contributed by atoms with van der Waals surface area (Å²) in [6, 6.07) is 24.8. The van der Waals surface area contributed by atoms with Crippen molar-refractivity contribution >= 4 is 22.3 Å². The molecule has 1 atom stereocenters. The second kappa shape index (κ2) is 7.79. The largest absolute Gasteiger partial charge is 0.371 e. The number of hydrogen-bond acceptors (Lipinski definition) is 2. The molecular formula is C25H25NO. The molecular weight excluding hydrogens is 330 g/mol. The second-order valence-corrected chi connectivity index (χ2v) is 7.29. The molecule has 0 aliphatic carbocycles. The van der Waals surface area contributed by atoms with Crippen LogP contribution in [0.4, 0.5) is 0 Å². The van der Waals surface area contributed by atoms with Gasteiger partial charge in [0.2, 0.25) is 0 Å². The first-order chi connectivity index (χ1) is 13.2. The third-order valence-electron chi connectivity index (χ3n) is 5.52. The van der Waals surface area contributed by atoms with Crippen molar-refractivity contribution in [1.82, 2.24) is 4.90 Å². The van der Waals surface area contributed by atoms with Crippen molar-refractivity contribution in [3.8, 4) is 0 Å². The molecule has 4 rings (SSSR count). The average Bonchev–Trinajstić information content (AvgIpc) is 3.26. The van der Waals surface area contributed by atoms with Crippen molar-refractivity contribution in [2.24, 2.45) is 0 Å². The molecule has 1 heterocycles. The zero-order valence-electron chi connectivity index (χ0n) is 15.8. The first-order valence-electron chi connectivity index (χ1n) is 9.77. The fourth-order valence-electron chi connectivity index (χ4n) is 3.91. The number of ketones is 1. The molecule has 1 unspecified atom stereocenters. The van der Waals surface area contributed by atoms with E-state index in [1.807, 2.05) is 43.3 Å². The highest BCUT2D eigenvalue weighted by atomic mass is 16.1. The molecule has 3 aromatic carbocycles. The predicted molar refractivity (Wildman–Crippen MR) is 113 cm³/mol. The molecule has 0 spiro atoms. The highest BCUT2D eigenvalue weighted by molar-refractivity contribution is 6.03. The number of carbonyl (C=O) groups excluding carboxylic acids is 1. The highest BCUT2D eigenvalue weighted by Crippen LogP contribution is 2.31. The Labute approximate surface area is 161 Å². The number of fused-ring (bicyclic) bond motifs is 1. The molecule has 2 nitrogen and oxygen atoms in total. The lowest BCUT2D eigenvalue weighted by atomic mass is 9.94. The van der Waals surface area contributed by atoms with E-state index in [4.69, 9.17) is 0 Å². The highest BCUT2D eigenvalue weighted by Gasteiger charge is 2.21. The normalized spacial score (nSPS) is 15.9. The number of likely N-dealkylation sites (tertiary alicyclic amines) is 1. The van der Waals surface area contributed by atoms with Crippen LogP contribution in [0.5, 0.6) is 0 Å². The zero-order chi connectivity index (χ0) is 18.6. The summed E-state index contributed by atoms with van der Waals surface area (Å²) in [4.78, 5) is 15.5. The van der Waals surface area contributed by atoms with Crippen molar-refractivity contribution in [2.75, 3.05) is 13.1 Å². The van der Waals surface area contributed by atoms with E-state index in [0.29, 0.717) is 0 Å². The average molecular weight is 355 g/mol. The van der Waals surface area contributed by atoms with E-state index in [2.05, 4.69) is 47.4 Å². The van der Waals surface area contributed by atoms with Gasteiger partial charge < -0.3 is 4.90 Å². The van der Waals surface area contributed by atoms with E-state index in [-0.39, 0.29) is 11.7 Å². The molecule has 136 valence electrons. The van der Waals surface area contributed by atoms with Gasteiger partial charge in [-0.05, 0) is 29.2 Å². The Kier molecular flexibility index (Phi) is 5.06. The summed E-state index contributed by atoms with van der Waals surface area (Å²) in [5.41, 5.74) is 3.29. The van der Waals surface area contributed by atoms with Gasteiger partial charge in [0.15, 0.2) is 5.78 Å². The second-order valence-electron chi connectivity index (χ2n) is 7.29. The lowest BCUT2D eigenvalue weighted by Crippen LogP contribution is -2.20. The van der Waals surface area contributed by atoms with Gasteiger partial charge in [-0.2, -0.15) is 0 Å². The Morgan fingerprint density at radius 1 is 0.889 bits per heavy atom. The van der Waals surface area contributed by atoms with Crippen LogP contribution >= 0.6 is 0 Å². The van der Waals surface area contributed by atoms with Crippen LogP contribution in [0.25, 0.3) is 16.5 Å². The Morgan fingerprint density at radius 3 is 2.33 bits per heavy atom. The van der Waals surface area contributed by atoms with Crippen LogP contribution in [-0.2, 0) is 4.79 Å². The van der Waals surface area contributed by atoms with Crippen molar-refractivity contribution in [3.05, 3.63) is 90.0 Å². The summed E-state index contributed by atoms with van der Waals surface area (Å²) < 4.78 is 0. The number of carbonyl (C=O) groups is 1. The number of rotatable bonds is 5. The minimum Gasteiger partial charge on any atom is -0.371 e. The lowest BCUT2D eigenvalue weighted by Gasteiger charge is -2.23. The SMILES string of the molecule is CC(C(=O)C=C(c1cccc2ccccc12)N1CCCC1)c1ccccc1. The van der Waals surface area contributed by atoms with E-state index >= 15 is 0 Å². The number of allylic oxidation sites excluding steroid dienone is 1. The van der Waals surface area contributed by atoms with E-state index in [9.17, 15) is 4.79 Å². The van der Waals surface area contributed by atoms with Gasteiger partial charge >= 0.3 is 0 Å². The first kappa shape index (κ1) is 17.5. The maximum atomic E-state index is 13.1. The molecule has 1 saturated heterocycles. The molecule has 3 aromatic rings. The van der Waals surface area contributed by atoms with Crippen LogP contribution < -0.4 is 0 Å². The fraction of sp³-hybridized carbons (Fsp3) is 0.240. The van der Waals surface area contributed by atoms with Gasteiger partial charge in [0.1, 0.15) is 0 Å². The molecule has 1 aliphatic heterocycles. The van der Waals surface area contributed by atoms with Gasteiger partial charge in [0, 0.05) is 36.3 Å². The standard InChI is InChI=1S/C25H25NO/c1-19(20-10-3-2-4-11-20)25(27)18-24(26-16-7-8-17-26)23-15-9-13-21-12-5-6-14-22(21)23/h2-6,9-15,18-19H,7-8,16-17H2,1H3. The lowest BCUT2D eigenvalue weighted by molar-refractivity contribution is -0.115. The quantitative estimate of drug-likeness (QED) is 0.551. The summed E-state index contributed by atoms with van der Waals surface area (Å²) in [7, 11) is 0. The molecule has 0 bridgehead atoms. The topological polar surface area (TPSA) is 20.3 Å². The van der Waals surface area contributed by atoms with E-state index in [1.54, 1.807) is 0 Å². The monoisotopic (exact) mass is 355 g/mol. The zero-order valence-corrected chi connectivity index (χ0v) is 15.8. The van der Waals surface area contributed by atoms with Crippen LogP contribution in [-0.4, -0.2) is 23.8 Å². The number of benzene rings is 3. The van der Waals surface area contributed by atoms with Gasteiger partial charge in [-0.3, -0.25) is 4.79 Å². The Hall–Kier alpha value is -2.87. The molecule has 0 aromatic heterocycles. The Balaban J connectivity index is 1.77. The van der Waals surface area contributed by atoms with Gasteiger partial charge in [0.05, 0.1) is 0 Å². The fourth-order valence-corrected chi connectivity index (χ4v) is 3.91. The third kappa shape index (κ3) is 3.66. The van der Waals surface area contributed by atoms with E-state index in [1.165, 1.54) is 23.6 Å². The van der Waals surface area contributed by atoms with E-state index < -0.39 is 0 Å². The van der Waals surface area contributed by atoms with Gasteiger partial charge in [-0.15, -0.1) is 0 Å². The van der Waals surface area contributed by atoms with Gasteiger partial charge in [0.25, 0.3) is 0 Å². The molecule has 2 heteroatoms. The maximum Gasteiger partial charge on any atom is 0.164 e. The molecule has 1 fully saturated rings. The summed E-state index contributed by atoms with van der Waals surface area (Å²) in [6.45, 7) is 4.03. The predicted octanol–water partition coefficient (Wildman–Crippen LogP) is 5.65. The maximum absolute atomic E-state index is 13.1. The molecule has 27 heavy (non-hydrogen) atoms. The summed E-state index contributed by atoms with van der Waals surface area (Å²) >= 11 is 0. The van der Waals surface area contributed by atoms with Crippen molar-refractivity contribution in [3.63, 3.8) is 0 Å².